The molecule has 1 aliphatic carbocycles. The van der Waals surface area contributed by atoms with Gasteiger partial charge in [0.15, 0.2) is 6.61 Å². The quantitative estimate of drug-likeness (QED) is 0.374. The molecular weight excluding hydrogens is 428 g/mol. The first-order valence-corrected chi connectivity index (χ1v) is 11.9. The molecule has 0 atom stereocenters. The summed E-state index contributed by atoms with van der Waals surface area (Å²) in [6.07, 6.45) is 8.71. The Morgan fingerprint density at radius 3 is 2.83 bits per heavy atom. The third-order valence-electron chi connectivity index (χ3n) is 4.66. The Kier molecular flexibility index (Phi) is 8.15. The van der Waals surface area contributed by atoms with Crippen molar-refractivity contribution in [3.8, 4) is 12.3 Å². The van der Waals surface area contributed by atoms with Gasteiger partial charge in [-0.25, -0.2) is 9.78 Å². The summed E-state index contributed by atoms with van der Waals surface area (Å²) in [4.78, 5) is 30.3. The molecule has 10 heteroatoms. The number of thiazole rings is 1. The minimum Gasteiger partial charge on any atom is -0.436 e. The number of thioether (sulfide) groups is 1. The Hall–Kier alpha value is -1.83. The fourth-order valence-electron chi connectivity index (χ4n) is 2.92. The number of hydrogen-bond donors (Lipinski definition) is 2. The van der Waals surface area contributed by atoms with Gasteiger partial charge in [0.1, 0.15) is 10.0 Å². The lowest BCUT2D eigenvalue weighted by molar-refractivity contribution is 0.0951. The average molecular weight is 453 g/mol. The van der Waals surface area contributed by atoms with Crippen molar-refractivity contribution in [3.63, 3.8) is 0 Å². The van der Waals surface area contributed by atoms with E-state index >= 15 is 0 Å². The van der Waals surface area contributed by atoms with Gasteiger partial charge in [-0.05, 0) is 25.7 Å². The maximum absolute atomic E-state index is 12.3. The number of carbonyl (C=O) groups excluding carboxylic acids is 2. The van der Waals surface area contributed by atoms with Gasteiger partial charge in [0.2, 0.25) is 0 Å². The highest BCUT2D eigenvalue weighted by molar-refractivity contribution is 8.22. The van der Waals surface area contributed by atoms with Crippen LogP contribution in [-0.2, 0) is 4.74 Å². The number of nitrogens with one attached hydrogen (secondary N) is 2. The van der Waals surface area contributed by atoms with Crippen molar-refractivity contribution in [3.05, 3.63) is 16.1 Å². The fraction of sp³-hybridized carbons (Fsp3) is 0.579. The topological polar surface area (TPSA) is 83.6 Å². The second kappa shape index (κ2) is 10.8. The van der Waals surface area contributed by atoms with Crippen LogP contribution in [0.1, 0.15) is 47.1 Å². The summed E-state index contributed by atoms with van der Waals surface area (Å²) in [5.41, 5.74) is 0.449. The van der Waals surface area contributed by atoms with Crippen molar-refractivity contribution in [2.45, 2.75) is 37.6 Å². The fourth-order valence-corrected chi connectivity index (χ4v) is 4.95. The van der Waals surface area contributed by atoms with Gasteiger partial charge in [-0.15, -0.1) is 17.8 Å². The van der Waals surface area contributed by atoms with E-state index in [4.69, 9.17) is 23.4 Å². The van der Waals surface area contributed by atoms with Crippen LogP contribution in [0.3, 0.4) is 0 Å². The van der Waals surface area contributed by atoms with Gasteiger partial charge in [0, 0.05) is 42.7 Å². The van der Waals surface area contributed by atoms with Gasteiger partial charge in [-0.2, -0.15) is 0 Å². The van der Waals surface area contributed by atoms with Crippen molar-refractivity contribution < 1.29 is 14.3 Å². The first-order chi connectivity index (χ1) is 14.1. The number of carbonyl (C=O) groups is 2. The van der Waals surface area contributed by atoms with E-state index in [2.05, 4.69) is 21.5 Å². The summed E-state index contributed by atoms with van der Waals surface area (Å²) in [5.74, 6) is 3.11. The standard InChI is InChI=1S/C19H24N4O3S3/c1-2-10-26-19(25)23-8-5-13(6-9-23)17-22-15(12-29-17)16(24)20-7-11-28-18(27)21-14-3-4-14/h1,12-14H,3-11H2,(H,20,24)(H,21,27). The van der Waals surface area contributed by atoms with Crippen LogP contribution in [-0.4, -0.2) is 64.2 Å². The Labute approximate surface area is 184 Å². The van der Waals surface area contributed by atoms with Crippen LogP contribution in [0, 0.1) is 12.3 Å². The van der Waals surface area contributed by atoms with Crippen LogP contribution < -0.4 is 10.6 Å². The molecule has 7 nitrogen and oxygen atoms in total. The molecule has 1 aromatic heterocycles. The van der Waals surface area contributed by atoms with E-state index in [0.717, 1.165) is 27.9 Å². The van der Waals surface area contributed by atoms with Crippen molar-refractivity contribution in [1.29, 1.82) is 0 Å². The minimum atomic E-state index is -0.370. The second-order valence-electron chi connectivity index (χ2n) is 6.90. The largest absolute Gasteiger partial charge is 0.436 e. The first-order valence-electron chi connectivity index (χ1n) is 9.59. The number of rotatable bonds is 7. The van der Waals surface area contributed by atoms with Crippen LogP contribution in [0.25, 0.3) is 0 Å². The number of nitrogens with zero attached hydrogens (tertiary/aromatic N) is 2. The molecule has 0 unspecified atom stereocenters. The van der Waals surface area contributed by atoms with Crippen LogP contribution >= 0.6 is 35.3 Å². The summed E-state index contributed by atoms with van der Waals surface area (Å²) >= 11 is 8.30. The summed E-state index contributed by atoms with van der Waals surface area (Å²) in [6, 6.07) is 0.554. The highest BCUT2D eigenvalue weighted by atomic mass is 32.2. The van der Waals surface area contributed by atoms with Crippen molar-refractivity contribution in [2.24, 2.45) is 0 Å². The number of terminal acetylenes is 1. The van der Waals surface area contributed by atoms with E-state index in [1.807, 2.05) is 0 Å². The Balaban J connectivity index is 1.37. The molecular formula is C19H24N4O3S3. The molecule has 2 heterocycles. The molecule has 29 heavy (non-hydrogen) atoms. The molecule has 156 valence electrons. The molecule has 0 aromatic carbocycles. The molecule has 0 bridgehead atoms. The summed E-state index contributed by atoms with van der Waals surface area (Å²) < 4.78 is 5.76. The number of piperidine rings is 1. The lowest BCUT2D eigenvalue weighted by Gasteiger charge is -2.30. The molecule has 3 rings (SSSR count). The van der Waals surface area contributed by atoms with Crippen LogP contribution in [0.4, 0.5) is 4.79 Å². The average Bonchev–Trinajstić information content (AvgIpc) is 3.40. The normalized spacial score (nSPS) is 16.7. The van der Waals surface area contributed by atoms with Gasteiger partial charge in [-0.3, -0.25) is 4.79 Å². The molecule has 0 radical (unpaired) electrons. The van der Waals surface area contributed by atoms with Gasteiger partial charge >= 0.3 is 6.09 Å². The first kappa shape index (κ1) is 21.9. The molecule has 2 fully saturated rings. The number of hydrogen-bond acceptors (Lipinski definition) is 7. The zero-order chi connectivity index (χ0) is 20.6. The maximum Gasteiger partial charge on any atom is 0.410 e. The van der Waals surface area contributed by atoms with Crippen molar-refractivity contribution in [1.82, 2.24) is 20.5 Å². The lowest BCUT2D eigenvalue weighted by Crippen LogP contribution is -2.38. The van der Waals surface area contributed by atoms with Crippen molar-refractivity contribution >= 4 is 51.6 Å². The van der Waals surface area contributed by atoms with E-state index in [0.29, 0.717) is 31.4 Å². The second-order valence-corrected chi connectivity index (χ2v) is 9.56. The van der Waals surface area contributed by atoms with Crippen molar-refractivity contribution in [2.75, 3.05) is 32.0 Å². The zero-order valence-corrected chi connectivity index (χ0v) is 18.5. The maximum atomic E-state index is 12.3. The smallest absolute Gasteiger partial charge is 0.410 e. The lowest BCUT2D eigenvalue weighted by atomic mass is 9.98. The van der Waals surface area contributed by atoms with Crippen LogP contribution in [0.5, 0.6) is 0 Å². The summed E-state index contributed by atoms with van der Waals surface area (Å²) in [7, 11) is 0. The highest BCUT2D eigenvalue weighted by Crippen LogP contribution is 2.30. The number of amides is 2. The predicted octanol–water partition coefficient (Wildman–Crippen LogP) is 2.59. The van der Waals surface area contributed by atoms with Gasteiger partial charge in [0.05, 0.1) is 5.01 Å². The molecule has 2 N–H and O–H groups in total. The summed E-state index contributed by atoms with van der Waals surface area (Å²) in [6.45, 7) is 1.73. The van der Waals surface area contributed by atoms with E-state index in [9.17, 15) is 9.59 Å². The molecule has 2 aliphatic rings. The molecule has 1 saturated carbocycles. The Morgan fingerprint density at radius 2 is 2.14 bits per heavy atom. The third-order valence-corrected chi connectivity index (χ3v) is 6.92. The zero-order valence-electron chi connectivity index (χ0n) is 16.0. The van der Waals surface area contributed by atoms with Gasteiger partial charge < -0.3 is 20.3 Å². The Morgan fingerprint density at radius 1 is 1.38 bits per heavy atom. The minimum absolute atomic E-state index is 0.00889. The van der Waals surface area contributed by atoms with Gasteiger partial charge in [-0.1, -0.05) is 29.9 Å². The summed E-state index contributed by atoms with van der Waals surface area (Å²) in [5, 5.41) is 8.89. The molecule has 1 saturated heterocycles. The predicted molar refractivity (Wildman–Crippen MR) is 119 cm³/mol. The van der Waals surface area contributed by atoms with E-state index in [-0.39, 0.29) is 24.5 Å². The number of aromatic nitrogens is 1. The molecule has 1 aliphatic heterocycles. The SMILES string of the molecule is C#CCOC(=O)N1CCC(c2nc(C(=O)NCCSC(=S)NC3CC3)cs2)CC1. The van der Waals surface area contributed by atoms with Gasteiger partial charge in [0.25, 0.3) is 5.91 Å². The van der Waals surface area contributed by atoms with E-state index < -0.39 is 0 Å². The Bertz CT molecular complexity index is 780. The molecule has 1 aromatic rings. The monoisotopic (exact) mass is 452 g/mol. The highest BCUT2D eigenvalue weighted by Gasteiger charge is 2.27. The van der Waals surface area contributed by atoms with Crippen LogP contribution in [0.15, 0.2) is 5.38 Å². The third kappa shape index (κ3) is 6.87. The van der Waals surface area contributed by atoms with E-state index in [1.165, 1.54) is 24.2 Å². The molecule has 0 spiro atoms. The molecule has 2 amide bonds. The number of ether oxygens (including phenoxy) is 1. The van der Waals surface area contributed by atoms with E-state index in [1.54, 1.807) is 22.0 Å². The number of thiocarbonyl (C=S) groups is 1. The van der Waals surface area contributed by atoms with Crippen LogP contribution in [0.2, 0.25) is 0 Å². The number of likely N-dealkylation sites (tertiary alicyclic amines) is 1.